The molecule has 2 nitrogen and oxygen atoms in total. The lowest BCUT2D eigenvalue weighted by Crippen LogP contribution is -2.13. The Kier molecular flexibility index (Phi) is 3.32. The third kappa shape index (κ3) is 2.16. The molecular formula is C19H15ClN2. The van der Waals surface area contributed by atoms with Crippen LogP contribution in [0.3, 0.4) is 0 Å². The molecule has 108 valence electrons. The zero-order valence-electron chi connectivity index (χ0n) is 12.0. The van der Waals surface area contributed by atoms with E-state index in [2.05, 4.69) is 46.0 Å². The SMILES string of the molecule is Clc1ccccc1C(c1cccc2c1C=CC2)n1ccnc1. The summed E-state index contributed by atoms with van der Waals surface area (Å²) in [7, 11) is 0. The van der Waals surface area contributed by atoms with E-state index in [0.717, 1.165) is 17.0 Å². The molecule has 4 rings (SSSR count). The Morgan fingerprint density at radius 3 is 2.73 bits per heavy atom. The fourth-order valence-corrected chi connectivity index (χ4v) is 3.40. The molecule has 0 radical (unpaired) electrons. The van der Waals surface area contributed by atoms with Crippen molar-refractivity contribution in [3.05, 3.63) is 94.5 Å². The average molecular weight is 307 g/mol. The summed E-state index contributed by atoms with van der Waals surface area (Å²) in [5.74, 6) is 0. The highest BCUT2D eigenvalue weighted by molar-refractivity contribution is 6.31. The normalized spacial score (nSPS) is 14.0. The van der Waals surface area contributed by atoms with Crippen LogP contribution in [0.1, 0.15) is 28.3 Å². The van der Waals surface area contributed by atoms with E-state index >= 15 is 0 Å². The van der Waals surface area contributed by atoms with E-state index in [1.807, 2.05) is 36.9 Å². The van der Waals surface area contributed by atoms with Gasteiger partial charge < -0.3 is 4.57 Å². The number of aromatic nitrogens is 2. The summed E-state index contributed by atoms with van der Waals surface area (Å²) >= 11 is 6.48. The predicted octanol–water partition coefficient (Wildman–Crippen LogP) is 4.74. The van der Waals surface area contributed by atoms with E-state index in [-0.39, 0.29) is 6.04 Å². The number of benzene rings is 2. The highest BCUT2D eigenvalue weighted by Gasteiger charge is 2.22. The van der Waals surface area contributed by atoms with Gasteiger partial charge in [-0.2, -0.15) is 0 Å². The molecule has 1 unspecified atom stereocenters. The molecule has 2 aromatic carbocycles. The second-order valence-electron chi connectivity index (χ2n) is 5.46. The van der Waals surface area contributed by atoms with Crippen molar-refractivity contribution in [2.45, 2.75) is 12.5 Å². The van der Waals surface area contributed by atoms with Crippen LogP contribution in [0.25, 0.3) is 6.08 Å². The number of nitrogens with zero attached hydrogens (tertiary/aromatic N) is 2. The molecule has 3 heteroatoms. The molecule has 1 aliphatic rings. The van der Waals surface area contributed by atoms with E-state index < -0.39 is 0 Å². The fourth-order valence-electron chi connectivity index (χ4n) is 3.16. The van der Waals surface area contributed by atoms with Crippen LogP contribution in [-0.4, -0.2) is 9.55 Å². The molecule has 1 atom stereocenters. The Bertz CT molecular complexity index is 834. The molecule has 1 aromatic heterocycles. The van der Waals surface area contributed by atoms with Crippen molar-refractivity contribution in [2.24, 2.45) is 0 Å². The minimum Gasteiger partial charge on any atom is -0.326 e. The summed E-state index contributed by atoms with van der Waals surface area (Å²) in [5.41, 5.74) is 5.03. The number of imidazole rings is 1. The molecular weight excluding hydrogens is 292 g/mol. The lowest BCUT2D eigenvalue weighted by molar-refractivity contribution is 0.675. The van der Waals surface area contributed by atoms with E-state index in [1.54, 1.807) is 0 Å². The Balaban J connectivity index is 1.95. The van der Waals surface area contributed by atoms with E-state index in [9.17, 15) is 0 Å². The number of hydrogen-bond acceptors (Lipinski definition) is 1. The van der Waals surface area contributed by atoms with Gasteiger partial charge in [0.2, 0.25) is 0 Å². The molecule has 0 N–H and O–H groups in total. The second-order valence-corrected chi connectivity index (χ2v) is 5.87. The van der Waals surface area contributed by atoms with Crippen LogP contribution in [0.5, 0.6) is 0 Å². The Morgan fingerprint density at radius 1 is 1.05 bits per heavy atom. The molecule has 0 aliphatic heterocycles. The maximum Gasteiger partial charge on any atom is 0.0954 e. The molecule has 22 heavy (non-hydrogen) atoms. The van der Waals surface area contributed by atoms with Crippen molar-refractivity contribution in [3.63, 3.8) is 0 Å². The van der Waals surface area contributed by atoms with Crippen LogP contribution >= 0.6 is 11.6 Å². The van der Waals surface area contributed by atoms with Gasteiger partial charge in [-0.15, -0.1) is 0 Å². The van der Waals surface area contributed by atoms with Crippen molar-refractivity contribution >= 4 is 17.7 Å². The largest absolute Gasteiger partial charge is 0.326 e. The van der Waals surface area contributed by atoms with Crippen molar-refractivity contribution in [3.8, 4) is 0 Å². The van der Waals surface area contributed by atoms with Gasteiger partial charge in [-0.3, -0.25) is 0 Å². The number of fused-ring (bicyclic) bond motifs is 1. The third-order valence-corrected chi connectivity index (χ3v) is 4.51. The van der Waals surface area contributed by atoms with Crippen LogP contribution in [0.15, 0.2) is 67.3 Å². The zero-order valence-corrected chi connectivity index (χ0v) is 12.7. The summed E-state index contributed by atoms with van der Waals surface area (Å²) in [6.07, 6.45) is 11.1. The van der Waals surface area contributed by atoms with Crippen LogP contribution in [-0.2, 0) is 6.42 Å². The standard InChI is InChI=1S/C19H15ClN2/c20-18-10-2-1-7-17(18)19(22-12-11-21-13-22)16-9-4-6-14-5-3-8-15(14)16/h1-4,6-13,19H,5H2. The quantitative estimate of drug-likeness (QED) is 0.683. The summed E-state index contributed by atoms with van der Waals surface area (Å²) < 4.78 is 2.11. The van der Waals surface area contributed by atoms with Gasteiger partial charge in [-0.25, -0.2) is 4.98 Å². The summed E-state index contributed by atoms with van der Waals surface area (Å²) in [4.78, 5) is 4.22. The summed E-state index contributed by atoms with van der Waals surface area (Å²) in [5, 5.41) is 0.778. The van der Waals surface area contributed by atoms with Crippen molar-refractivity contribution in [2.75, 3.05) is 0 Å². The molecule has 1 aliphatic carbocycles. The van der Waals surface area contributed by atoms with Gasteiger partial charge in [0.05, 0.1) is 12.4 Å². The molecule has 0 bridgehead atoms. The zero-order chi connectivity index (χ0) is 14.9. The number of rotatable bonds is 3. The Morgan fingerprint density at radius 2 is 1.91 bits per heavy atom. The lowest BCUT2D eigenvalue weighted by Gasteiger charge is -2.23. The van der Waals surface area contributed by atoms with Gasteiger partial charge >= 0.3 is 0 Å². The Hall–Kier alpha value is -2.32. The van der Waals surface area contributed by atoms with Gasteiger partial charge in [-0.1, -0.05) is 60.2 Å². The van der Waals surface area contributed by atoms with Crippen LogP contribution in [0.4, 0.5) is 0 Å². The Labute approximate surface area is 134 Å². The third-order valence-electron chi connectivity index (χ3n) is 4.17. The number of allylic oxidation sites excluding steroid dienone is 1. The van der Waals surface area contributed by atoms with Crippen LogP contribution < -0.4 is 0 Å². The van der Waals surface area contributed by atoms with Crippen molar-refractivity contribution < 1.29 is 0 Å². The van der Waals surface area contributed by atoms with Crippen LogP contribution in [0.2, 0.25) is 5.02 Å². The minimum absolute atomic E-state index is 0.0360. The van der Waals surface area contributed by atoms with E-state index in [1.165, 1.54) is 16.7 Å². The molecule has 0 saturated heterocycles. The summed E-state index contributed by atoms with van der Waals surface area (Å²) in [6.45, 7) is 0. The van der Waals surface area contributed by atoms with Gasteiger partial charge in [-0.05, 0) is 34.7 Å². The van der Waals surface area contributed by atoms with Gasteiger partial charge in [0, 0.05) is 17.4 Å². The first-order valence-corrected chi connectivity index (χ1v) is 7.72. The highest BCUT2D eigenvalue weighted by Crippen LogP contribution is 2.36. The molecule has 1 heterocycles. The van der Waals surface area contributed by atoms with Gasteiger partial charge in [0.1, 0.15) is 0 Å². The number of hydrogen-bond donors (Lipinski definition) is 0. The maximum absolute atomic E-state index is 6.48. The van der Waals surface area contributed by atoms with E-state index in [0.29, 0.717) is 0 Å². The lowest BCUT2D eigenvalue weighted by atomic mass is 9.92. The monoisotopic (exact) mass is 306 g/mol. The maximum atomic E-state index is 6.48. The molecule has 0 saturated carbocycles. The molecule has 3 aromatic rings. The predicted molar refractivity (Wildman–Crippen MR) is 90.1 cm³/mol. The molecule has 0 fully saturated rings. The first-order valence-electron chi connectivity index (χ1n) is 7.35. The minimum atomic E-state index is 0.0360. The van der Waals surface area contributed by atoms with Crippen molar-refractivity contribution in [1.82, 2.24) is 9.55 Å². The van der Waals surface area contributed by atoms with Crippen molar-refractivity contribution in [1.29, 1.82) is 0 Å². The first-order chi connectivity index (χ1) is 10.8. The van der Waals surface area contributed by atoms with Crippen LogP contribution in [0, 0.1) is 0 Å². The molecule has 0 spiro atoms. The smallest absolute Gasteiger partial charge is 0.0954 e. The number of halogens is 1. The fraction of sp³-hybridized carbons (Fsp3) is 0.105. The second kappa shape index (κ2) is 5.47. The molecule has 0 amide bonds. The van der Waals surface area contributed by atoms with Gasteiger partial charge in [0.25, 0.3) is 0 Å². The topological polar surface area (TPSA) is 17.8 Å². The highest BCUT2D eigenvalue weighted by atomic mass is 35.5. The average Bonchev–Trinajstić information content (AvgIpc) is 3.21. The summed E-state index contributed by atoms with van der Waals surface area (Å²) in [6, 6.07) is 14.6. The van der Waals surface area contributed by atoms with E-state index in [4.69, 9.17) is 11.6 Å². The van der Waals surface area contributed by atoms with Gasteiger partial charge in [0.15, 0.2) is 0 Å². The first kappa shape index (κ1) is 13.4.